The van der Waals surface area contributed by atoms with Crippen molar-refractivity contribution in [3.63, 3.8) is 0 Å². The van der Waals surface area contributed by atoms with E-state index >= 15 is 0 Å². The van der Waals surface area contributed by atoms with Crippen LogP contribution in [-0.2, 0) is 6.54 Å². The van der Waals surface area contributed by atoms with Gasteiger partial charge in [-0.05, 0) is 43.5 Å². The molecule has 2 aromatic heterocycles. The molecular formula is C20H23N5O. The van der Waals surface area contributed by atoms with Gasteiger partial charge in [-0.1, -0.05) is 13.0 Å². The van der Waals surface area contributed by atoms with Crippen molar-refractivity contribution in [1.82, 2.24) is 24.6 Å². The molecule has 0 spiro atoms. The van der Waals surface area contributed by atoms with Crippen molar-refractivity contribution >= 4 is 16.8 Å². The zero-order valence-corrected chi connectivity index (χ0v) is 15.0. The molecule has 6 nitrogen and oxygen atoms in total. The third kappa shape index (κ3) is 3.19. The number of piperidine rings is 1. The van der Waals surface area contributed by atoms with E-state index in [1.165, 1.54) is 0 Å². The first-order chi connectivity index (χ1) is 12.8. The number of amides is 1. The monoisotopic (exact) mass is 349 g/mol. The van der Waals surface area contributed by atoms with E-state index in [4.69, 9.17) is 0 Å². The summed E-state index contributed by atoms with van der Waals surface area (Å²) < 4.78 is 2.13. The van der Waals surface area contributed by atoms with Gasteiger partial charge in [-0.2, -0.15) is 0 Å². The van der Waals surface area contributed by atoms with Crippen molar-refractivity contribution in [2.45, 2.75) is 38.6 Å². The summed E-state index contributed by atoms with van der Waals surface area (Å²) in [5.74, 6) is 1.35. The van der Waals surface area contributed by atoms with Crippen molar-refractivity contribution < 1.29 is 4.79 Å². The van der Waals surface area contributed by atoms with Gasteiger partial charge < -0.3 is 9.47 Å². The maximum absolute atomic E-state index is 13.0. The Hall–Kier alpha value is -2.76. The van der Waals surface area contributed by atoms with Gasteiger partial charge in [-0.25, -0.2) is 0 Å². The number of hydrogen-bond acceptors (Lipinski definition) is 4. The zero-order valence-electron chi connectivity index (χ0n) is 15.0. The number of likely N-dealkylation sites (tertiary alicyclic amines) is 1. The molecule has 1 amide bonds. The van der Waals surface area contributed by atoms with Crippen molar-refractivity contribution in [2.75, 3.05) is 13.1 Å². The molecule has 0 saturated carbocycles. The SMILES string of the molecule is CCCn1cnnc1C1CCCN(C(=O)c2ccc3ncccc3c2)C1. The van der Waals surface area contributed by atoms with Gasteiger partial charge in [0, 0.05) is 42.7 Å². The molecular weight excluding hydrogens is 326 g/mol. The third-order valence-corrected chi connectivity index (χ3v) is 5.03. The van der Waals surface area contributed by atoms with Crippen LogP contribution in [0.2, 0.25) is 0 Å². The van der Waals surface area contributed by atoms with E-state index in [9.17, 15) is 4.79 Å². The van der Waals surface area contributed by atoms with Gasteiger partial charge in [-0.15, -0.1) is 10.2 Å². The zero-order chi connectivity index (χ0) is 17.9. The molecule has 26 heavy (non-hydrogen) atoms. The summed E-state index contributed by atoms with van der Waals surface area (Å²) in [6, 6.07) is 9.62. The van der Waals surface area contributed by atoms with Crippen LogP contribution in [0.15, 0.2) is 42.9 Å². The molecule has 3 heterocycles. The van der Waals surface area contributed by atoms with E-state index in [1.54, 1.807) is 12.5 Å². The molecule has 0 N–H and O–H groups in total. The molecule has 0 aliphatic carbocycles. The van der Waals surface area contributed by atoms with Crippen LogP contribution in [0.5, 0.6) is 0 Å². The van der Waals surface area contributed by atoms with E-state index in [1.807, 2.05) is 35.2 Å². The quantitative estimate of drug-likeness (QED) is 0.725. The molecule has 1 saturated heterocycles. The van der Waals surface area contributed by atoms with Crippen molar-refractivity contribution in [2.24, 2.45) is 0 Å². The Morgan fingerprint density at radius 3 is 3.12 bits per heavy atom. The van der Waals surface area contributed by atoms with Gasteiger partial charge in [-0.3, -0.25) is 9.78 Å². The van der Waals surface area contributed by atoms with E-state index in [0.29, 0.717) is 6.54 Å². The first kappa shape index (κ1) is 16.7. The summed E-state index contributed by atoms with van der Waals surface area (Å²) in [4.78, 5) is 19.3. The van der Waals surface area contributed by atoms with Crippen molar-refractivity contribution in [3.05, 3.63) is 54.2 Å². The molecule has 6 heteroatoms. The molecule has 1 atom stereocenters. The Labute approximate surface area is 152 Å². The van der Waals surface area contributed by atoms with Crippen molar-refractivity contribution in [1.29, 1.82) is 0 Å². The summed E-state index contributed by atoms with van der Waals surface area (Å²) in [5, 5.41) is 9.41. The first-order valence-electron chi connectivity index (χ1n) is 9.28. The van der Waals surface area contributed by atoms with Crippen LogP contribution in [-0.4, -0.2) is 43.6 Å². The number of aromatic nitrogens is 4. The Bertz CT molecular complexity index is 919. The van der Waals surface area contributed by atoms with Gasteiger partial charge in [0.15, 0.2) is 0 Å². The number of aryl methyl sites for hydroxylation is 1. The number of benzene rings is 1. The second kappa shape index (κ2) is 7.23. The van der Waals surface area contributed by atoms with Crippen LogP contribution in [0.4, 0.5) is 0 Å². The van der Waals surface area contributed by atoms with Gasteiger partial charge in [0.25, 0.3) is 5.91 Å². The largest absolute Gasteiger partial charge is 0.338 e. The molecule has 134 valence electrons. The lowest BCUT2D eigenvalue weighted by Gasteiger charge is -2.32. The number of rotatable bonds is 4. The lowest BCUT2D eigenvalue weighted by Crippen LogP contribution is -2.39. The summed E-state index contributed by atoms with van der Waals surface area (Å²) >= 11 is 0. The lowest BCUT2D eigenvalue weighted by atomic mass is 9.96. The van der Waals surface area contributed by atoms with Crippen LogP contribution >= 0.6 is 0 Å². The van der Waals surface area contributed by atoms with E-state index < -0.39 is 0 Å². The minimum absolute atomic E-state index is 0.0852. The topological polar surface area (TPSA) is 63.9 Å². The molecule has 1 fully saturated rings. The van der Waals surface area contributed by atoms with Crippen LogP contribution < -0.4 is 0 Å². The van der Waals surface area contributed by atoms with E-state index in [2.05, 4.69) is 26.7 Å². The molecule has 1 unspecified atom stereocenters. The standard InChI is InChI=1S/C20H23N5O/c1-2-10-25-14-22-23-19(25)17-6-4-11-24(13-17)20(26)16-7-8-18-15(12-16)5-3-9-21-18/h3,5,7-9,12,14,17H,2,4,6,10-11,13H2,1H3. The second-order valence-corrected chi connectivity index (χ2v) is 6.88. The van der Waals surface area contributed by atoms with Gasteiger partial charge in [0.2, 0.25) is 0 Å². The predicted octanol–water partition coefficient (Wildman–Crippen LogP) is 3.26. The average Bonchev–Trinajstić information content (AvgIpc) is 3.16. The number of carbonyl (C=O) groups is 1. The minimum Gasteiger partial charge on any atom is -0.338 e. The predicted molar refractivity (Wildman–Crippen MR) is 99.9 cm³/mol. The maximum Gasteiger partial charge on any atom is 0.253 e. The molecule has 0 bridgehead atoms. The van der Waals surface area contributed by atoms with Crippen LogP contribution in [0.1, 0.15) is 48.3 Å². The molecule has 3 aromatic rings. The van der Waals surface area contributed by atoms with E-state index in [-0.39, 0.29) is 11.8 Å². The molecule has 4 rings (SSSR count). The molecule has 1 aliphatic heterocycles. The van der Waals surface area contributed by atoms with Crippen molar-refractivity contribution in [3.8, 4) is 0 Å². The fourth-order valence-corrected chi connectivity index (χ4v) is 3.76. The van der Waals surface area contributed by atoms with Gasteiger partial charge >= 0.3 is 0 Å². The highest BCUT2D eigenvalue weighted by Crippen LogP contribution is 2.27. The second-order valence-electron chi connectivity index (χ2n) is 6.88. The fraction of sp³-hybridized carbons (Fsp3) is 0.400. The Morgan fingerprint density at radius 1 is 1.31 bits per heavy atom. The molecule has 1 aromatic carbocycles. The molecule has 1 aliphatic rings. The summed E-state index contributed by atoms with van der Waals surface area (Å²) in [6.45, 7) is 4.56. The number of hydrogen-bond donors (Lipinski definition) is 0. The minimum atomic E-state index is 0.0852. The number of fused-ring (bicyclic) bond motifs is 1. The summed E-state index contributed by atoms with van der Waals surface area (Å²) in [5.41, 5.74) is 1.63. The highest BCUT2D eigenvalue weighted by molar-refractivity contribution is 5.98. The van der Waals surface area contributed by atoms with Gasteiger partial charge in [0.05, 0.1) is 5.52 Å². The van der Waals surface area contributed by atoms with Gasteiger partial charge in [0.1, 0.15) is 12.2 Å². The average molecular weight is 349 g/mol. The van der Waals surface area contributed by atoms with E-state index in [0.717, 1.165) is 54.6 Å². The van der Waals surface area contributed by atoms with Crippen LogP contribution in [0, 0.1) is 0 Å². The Morgan fingerprint density at radius 2 is 2.23 bits per heavy atom. The Balaban J connectivity index is 1.54. The number of nitrogens with zero attached hydrogens (tertiary/aromatic N) is 5. The molecule has 0 radical (unpaired) electrons. The summed E-state index contributed by atoms with van der Waals surface area (Å²) in [6.07, 6.45) is 6.66. The first-order valence-corrected chi connectivity index (χ1v) is 9.28. The maximum atomic E-state index is 13.0. The highest BCUT2D eigenvalue weighted by Gasteiger charge is 2.28. The Kier molecular flexibility index (Phi) is 4.65. The number of carbonyl (C=O) groups excluding carboxylic acids is 1. The summed E-state index contributed by atoms with van der Waals surface area (Å²) in [7, 11) is 0. The normalized spacial score (nSPS) is 17.6. The highest BCUT2D eigenvalue weighted by atomic mass is 16.2. The smallest absolute Gasteiger partial charge is 0.253 e. The lowest BCUT2D eigenvalue weighted by molar-refractivity contribution is 0.0703. The van der Waals surface area contributed by atoms with Crippen LogP contribution in [0.25, 0.3) is 10.9 Å². The fourth-order valence-electron chi connectivity index (χ4n) is 3.76. The van der Waals surface area contributed by atoms with Crippen LogP contribution in [0.3, 0.4) is 0 Å². The number of pyridine rings is 1. The third-order valence-electron chi connectivity index (χ3n) is 5.03.